The maximum Gasteiger partial charge on any atom is 0.419 e. The average Bonchev–Trinajstić information content (AvgIpc) is 3.43. The zero-order chi connectivity index (χ0) is 22.9. The maximum atomic E-state index is 12.7. The third kappa shape index (κ3) is 4.89. The molecule has 3 aliphatic heterocycles. The molecule has 0 saturated carbocycles. The van der Waals surface area contributed by atoms with Gasteiger partial charge in [-0.2, -0.15) is 13.2 Å². The second-order valence-electron chi connectivity index (χ2n) is 8.40. The topological polar surface area (TPSA) is 99.1 Å². The number of carbonyl (C=O) groups is 2. The monoisotopic (exact) mass is 457 g/mol. The summed E-state index contributed by atoms with van der Waals surface area (Å²) in [5.74, 6) is 0.178. The second kappa shape index (κ2) is 9.08. The number of amides is 2. The number of likely N-dealkylation sites (tertiary alicyclic amines) is 1. The van der Waals surface area contributed by atoms with E-state index in [1.165, 1.54) is 4.90 Å². The normalized spacial score (nSPS) is 26.6. The standard InChI is InChI=1S/C20H26F3N5O4/c21-20(22,23)13-11-24-18(25-12-13)27-8-6-26(7-9-27)17(29)10-14-3-4-16(32-14)15-2-1-5-28(15)19(30)31/h11-12,14-16H,1-10H2,(H,30,31)/t14?,15-,16?/m0/s1. The molecule has 32 heavy (non-hydrogen) atoms. The van der Waals surface area contributed by atoms with Gasteiger partial charge in [-0.25, -0.2) is 14.8 Å². The van der Waals surface area contributed by atoms with Crippen LogP contribution in [0.3, 0.4) is 0 Å². The molecule has 1 aromatic heterocycles. The molecule has 3 fully saturated rings. The first kappa shape index (κ1) is 22.6. The molecule has 0 radical (unpaired) electrons. The number of carbonyl (C=O) groups excluding carboxylic acids is 1. The van der Waals surface area contributed by atoms with E-state index in [9.17, 15) is 27.9 Å². The predicted octanol–water partition coefficient (Wildman–Crippen LogP) is 2.22. The van der Waals surface area contributed by atoms with Gasteiger partial charge in [0.25, 0.3) is 0 Å². The Bertz CT molecular complexity index is 830. The number of carboxylic acid groups (broad SMARTS) is 1. The lowest BCUT2D eigenvalue weighted by Crippen LogP contribution is -2.49. The second-order valence-corrected chi connectivity index (χ2v) is 8.40. The van der Waals surface area contributed by atoms with Crippen molar-refractivity contribution < 1.29 is 32.6 Å². The van der Waals surface area contributed by atoms with Crippen LogP contribution in [0.15, 0.2) is 12.4 Å². The number of hydrogen-bond donors (Lipinski definition) is 1. The summed E-state index contributed by atoms with van der Waals surface area (Å²) in [6.45, 7) is 2.24. The number of alkyl halides is 3. The SMILES string of the molecule is O=C(CC1CCC([C@@H]2CCCN2C(=O)O)O1)N1CCN(c2ncc(C(F)(F)F)cn2)CC1. The van der Waals surface area contributed by atoms with E-state index in [-0.39, 0.29) is 36.5 Å². The molecule has 0 aromatic carbocycles. The fourth-order valence-electron chi connectivity index (χ4n) is 4.69. The molecular weight excluding hydrogens is 431 g/mol. The van der Waals surface area contributed by atoms with Crippen LogP contribution in [0, 0.1) is 0 Å². The van der Waals surface area contributed by atoms with E-state index in [1.807, 2.05) is 0 Å². The first-order valence-corrected chi connectivity index (χ1v) is 10.8. The predicted molar refractivity (Wildman–Crippen MR) is 106 cm³/mol. The van der Waals surface area contributed by atoms with Crippen LogP contribution < -0.4 is 4.90 Å². The molecule has 4 heterocycles. The number of piperazine rings is 1. The van der Waals surface area contributed by atoms with E-state index < -0.39 is 17.8 Å². The van der Waals surface area contributed by atoms with Crippen molar-refractivity contribution in [2.45, 2.75) is 56.5 Å². The van der Waals surface area contributed by atoms with Gasteiger partial charge < -0.3 is 24.5 Å². The van der Waals surface area contributed by atoms with Crippen molar-refractivity contribution in [1.29, 1.82) is 0 Å². The van der Waals surface area contributed by atoms with Gasteiger partial charge in [0.1, 0.15) is 0 Å². The van der Waals surface area contributed by atoms with Crippen LogP contribution in [0.5, 0.6) is 0 Å². The van der Waals surface area contributed by atoms with Crippen molar-refractivity contribution in [2.75, 3.05) is 37.6 Å². The summed E-state index contributed by atoms with van der Waals surface area (Å²) in [5, 5.41) is 9.33. The van der Waals surface area contributed by atoms with E-state index in [0.717, 1.165) is 38.1 Å². The van der Waals surface area contributed by atoms with Crippen LogP contribution in [-0.2, 0) is 15.7 Å². The minimum Gasteiger partial charge on any atom is -0.465 e. The van der Waals surface area contributed by atoms with Gasteiger partial charge in [0, 0.05) is 45.1 Å². The molecule has 4 rings (SSSR count). The van der Waals surface area contributed by atoms with Crippen molar-refractivity contribution in [3.8, 4) is 0 Å². The van der Waals surface area contributed by atoms with Gasteiger partial charge in [0.05, 0.1) is 30.2 Å². The number of nitrogens with zero attached hydrogens (tertiary/aromatic N) is 5. The average molecular weight is 457 g/mol. The lowest BCUT2D eigenvalue weighted by molar-refractivity contribution is -0.138. The summed E-state index contributed by atoms with van der Waals surface area (Å²) in [6, 6.07) is -0.139. The molecule has 9 nitrogen and oxygen atoms in total. The van der Waals surface area contributed by atoms with Crippen molar-refractivity contribution in [3.05, 3.63) is 18.0 Å². The number of aromatic nitrogens is 2. The molecule has 1 aromatic rings. The van der Waals surface area contributed by atoms with Gasteiger partial charge in [0.15, 0.2) is 0 Å². The molecule has 3 saturated heterocycles. The van der Waals surface area contributed by atoms with Crippen LogP contribution in [0.1, 0.15) is 37.7 Å². The molecule has 0 spiro atoms. The lowest BCUT2D eigenvalue weighted by Gasteiger charge is -2.35. The van der Waals surface area contributed by atoms with E-state index in [4.69, 9.17) is 4.74 Å². The molecule has 0 aliphatic carbocycles. The Hall–Kier alpha value is -2.63. The van der Waals surface area contributed by atoms with Gasteiger partial charge >= 0.3 is 12.3 Å². The molecule has 3 atom stereocenters. The Labute approximate surface area is 183 Å². The number of ether oxygens (including phenoxy) is 1. The number of halogens is 3. The Morgan fingerprint density at radius 2 is 1.75 bits per heavy atom. The van der Waals surface area contributed by atoms with Crippen LogP contribution in [0.25, 0.3) is 0 Å². The minimum absolute atomic E-state index is 0.0369. The van der Waals surface area contributed by atoms with Gasteiger partial charge in [0.2, 0.25) is 11.9 Å². The lowest BCUT2D eigenvalue weighted by atomic mass is 10.0. The molecule has 2 unspecified atom stereocenters. The first-order valence-electron chi connectivity index (χ1n) is 10.8. The summed E-state index contributed by atoms with van der Waals surface area (Å²) in [7, 11) is 0. The fraction of sp³-hybridized carbons (Fsp3) is 0.700. The fourth-order valence-corrected chi connectivity index (χ4v) is 4.69. The Kier molecular flexibility index (Phi) is 6.40. The van der Waals surface area contributed by atoms with E-state index in [2.05, 4.69) is 9.97 Å². The maximum absolute atomic E-state index is 12.7. The van der Waals surface area contributed by atoms with Crippen molar-refractivity contribution in [3.63, 3.8) is 0 Å². The van der Waals surface area contributed by atoms with E-state index in [0.29, 0.717) is 32.7 Å². The van der Waals surface area contributed by atoms with Crippen LogP contribution in [0.2, 0.25) is 0 Å². The number of rotatable bonds is 4. The summed E-state index contributed by atoms with van der Waals surface area (Å²) < 4.78 is 44.0. The Balaban J connectivity index is 1.24. The molecule has 12 heteroatoms. The van der Waals surface area contributed by atoms with Crippen molar-refractivity contribution in [1.82, 2.24) is 19.8 Å². The van der Waals surface area contributed by atoms with E-state index in [1.54, 1.807) is 9.80 Å². The minimum atomic E-state index is -4.48. The van der Waals surface area contributed by atoms with Crippen molar-refractivity contribution >= 4 is 17.9 Å². The largest absolute Gasteiger partial charge is 0.465 e. The first-order chi connectivity index (χ1) is 15.2. The third-order valence-corrected chi connectivity index (χ3v) is 6.40. The van der Waals surface area contributed by atoms with Crippen LogP contribution in [-0.4, -0.2) is 87.8 Å². The summed E-state index contributed by atoms with van der Waals surface area (Å²) in [5.41, 5.74) is -0.894. The third-order valence-electron chi connectivity index (χ3n) is 6.40. The highest BCUT2D eigenvalue weighted by atomic mass is 19.4. The van der Waals surface area contributed by atoms with Gasteiger partial charge in [-0.05, 0) is 25.7 Å². The summed E-state index contributed by atoms with van der Waals surface area (Å²) >= 11 is 0. The molecule has 1 N–H and O–H groups in total. The quantitative estimate of drug-likeness (QED) is 0.740. The van der Waals surface area contributed by atoms with Gasteiger partial charge in [-0.3, -0.25) is 4.79 Å². The summed E-state index contributed by atoms with van der Waals surface area (Å²) in [6.07, 6.45) is -0.940. The smallest absolute Gasteiger partial charge is 0.419 e. The van der Waals surface area contributed by atoms with Gasteiger partial charge in [-0.1, -0.05) is 0 Å². The zero-order valence-electron chi connectivity index (χ0n) is 17.5. The van der Waals surface area contributed by atoms with Crippen molar-refractivity contribution in [2.24, 2.45) is 0 Å². The Morgan fingerprint density at radius 3 is 2.38 bits per heavy atom. The number of anilines is 1. The van der Waals surface area contributed by atoms with Gasteiger partial charge in [-0.15, -0.1) is 0 Å². The molecule has 3 aliphatic rings. The Morgan fingerprint density at radius 1 is 1.06 bits per heavy atom. The van der Waals surface area contributed by atoms with E-state index >= 15 is 0 Å². The number of hydrogen-bond acceptors (Lipinski definition) is 6. The summed E-state index contributed by atoms with van der Waals surface area (Å²) in [4.78, 5) is 36.6. The molecular formula is C20H26F3N5O4. The molecule has 176 valence electrons. The molecule has 0 bridgehead atoms. The highest BCUT2D eigenvalue weighted by Gasteiger charge is 2.40. The highest BCUT2D eigenvalue weighted by Crippen LogP contribution is 2.32. The van der Waals surface area contributed by atoms with Crippen LogP contribution >= 0.6 is 0 Å². The highest BCUT2D eigenvalue weighted by molar-refractivity contribution is 5.77. The zero-order valence-corrected chi connectivity index (χ0v) is 17.5. The molecule has 2 amide bonds. The van der Waals surface area contributed by atoms with Crippen LogP contribution in [0.4, 0.5) is 23.9 Å².